The Hall–Kier alpha value is -6.40. The molecule has 1 unspecified atom stereocenters. The molecule has 0 radical (unpaired) electrons. The van der Waals surface area contributed by atoms with Crippen molar-refractivity contribution in [2.24, 2.45) is 5.92 Å². The lowest BCUT2D eigenvalue weighted by Gasteiger charge is -2.37. The summed E-state index contributed by atoms with van der Waals surface area (Å²) in [5.74, 6) is 0.207. The van der Waals surface area contributed by atoms with Gasteiger partial charge in [-0.05, 0) is 70.9 Å². The van der Waals surface area contributed by atoms with E-state index in [1.807, 2.05) is 137 Å². The molecule has 1 fully saturated rings. The Morgan fingerprint density at radius 2 is 1.58 bits per heavy atom. The highest BCUT2D eigenvalue weighted by Crippen LogP contribution is 2.60. The minimum Gasteiger partial charge on any atom is -0.497 e. The van der Waals surface area contributed by atoms with Crippen molar-refractivity contribution in [2.45, 2.75) is 62.7 Å². The fourth-order valence-corrected chi connectivity index (χ4v) is 14.8. The van der Waals surface area contributed by atoms with E-state index in [0.717, 1.165) is 50.3 Å². The lowest BCUT2D eigenvalue weighted by atomic mass is 9.82. The summed E-state index contributed by atoms with van der Waals surface area (Å²) in [4.78, 5) is 33.1. The molecule has 3 aliphatic rings. The Bertz CT molecular complexity index is 2820. The molecule has 62 heavy (non-hydrogen) atoms. The Kier molecular flexibility index (Phi) is 9.93. The molecule has 5 atom stereocenters. The number of nitrogens with zero attached hydrogens (tertiary/aromatic N) is 5. The number of anilines is 3. The molecule has 10 nitrogen and oxygen atoms in total. The van der Waals surface area contributed by atoms with E-state index >= 15 is 4.79 Å². The highest BCUT2D eigenvalue weighted by Gasteiger charge is 2.66. The lowest BCUT2D eigenvalue weighted by Crippen LogP contribution is -2.51. The van der Waals surface area contributed by atoms with Gasteiger partial charge in [-0.2, -0.15) is 0 Å². The molecule has 3 aliphatic heterocycles. The minimum absolute atomic E-state index is 0.0409. The number of benzene rings is 6. The van der Waals surface area contributed by atoms with E-state index in [1.54, 1.807) is 12.0 Å². The van der Waals surface area contributed by atoms with E-state index < -0.39 is 13.7 Å². The first kappa shape index (κ1) is 39.7. The first-order valence-electron chi connectivity index (χ1n) is 21.4. The number of rotatable bonds is 12. The zero-order valence-corrected chi connectivity index (χ0v) is 36.3. The molecule has 1 N–H and O–H groups in total. The predicted octanol–water partition coefficient (Wildman–Crippen LogP) is 8.71. The van der Waals surface area contributed by atoms with E-state index in [-0.39, 0.29) is 41.9 Å². The smallest absolute Gasteiger partial charge is 0.264 e. The average molecular weight is 840 g/mol. The van der Waals surface area contributed by atoms with E-state index in [2.05, 4.69) is 48.5 Å². The third-order valence-corrected chi connectivity index (χ3v) is 18.1. The maximum atomic E-state index is 15.5. The Morgan fingerprint density at radius 3 is 2.35 bits per heavy atom. The number of carbonyl (C=O) groups excluding carboxylic acids is 2. The second-order valence-corrected chi connectivity index (χ2v) is 22.1. The van der Waals surface area contributed by atoms with Crippen LogP contribution in [0.5, 0.6) is 5.75 Å². The number of hydrogen-bond acceptors (Lipinski definition) is 7. The third kappa shape index (κ3) is 6.28. The second-order valence-electron chi connectivity index (χ2n) is 17.4. The van der Waals surface area contributed by atoms with Crippen LogP contribution in [-0.2, 0) is 28.2 Å². The first-order chi connectivity index (χ1) is 30.1. The monoisotopic (exact) mass is 839 g/mol. The van der Waals surface area contributed by atoms with Gasteiger partial charge < -0.3 is 19.5 Å². The van der Waals surface area contributed by atoms with Gasteiger partial charge in [-0.3, -0.25) is 19.2 Å². The number of hydrogen-bond donors (Lipinski definition) is 1. The highest BCUT2D eigenvalue weighted by atomic mass is 28.3. The Balaban J connectivity index is 0.982. The first-order valence-corrected chi connectivity index (χ1v) is 24.5. The molecule has 10 rings (SSSR count). The molecule has 0 aliphatic carbocycles. The number of aliphatic hydroxyl groups excluding tert-OH is 1. The topological polar surface area (TPSA) is 110 Å². The molecule has 11 heteroatoms. The maximum Gasteiger partial charge on any atom is 0.264 e. The zero-order chi connectivity index (χ0) is 42.8. The summed E-state index contributed by atoms with van der Waals surface area (Å²) in [6.45, 7) is 7.73. The van der Waals surface area contributed by atoms with Crippen molar-refractivity contribution in [3.63, 3.8) is 0 Å². The van der Waals surface area contributed by atoms with Crippen molar-refractivity contribution in [3.8, 4) is 5.75 Å². The van der Waals surface area contributed by atoms with Crippen LogP contribution in [0.15, 0.2) is 146 Å². The number of fused-ring (bicyclic) bond motifs is 2. The van der Waals surface area contributed by atoms with Gasteiger partial charge >= 0.3 is 0 Å². The van der Waals surface area contributed by atoms with Crippen molar-refractivity contribution in [3.05, 3.63) is 174 Å². The molecule has 1 spiro atoms. The third-order valence-electron chi connectivity index (χ3n) is 13.8. The van der Waals surface area contributed by atoms with Gasteiger partial charge in [0.25, 0.3) is 11.8 Å². The zero-order valence-electron chi connectivity index (χ0n) is 35.3. The van der Waals surface area contributed by atoms with Crippen LogP contribution in [0.25, 0.3) is 10.8 Å². The second kappa shape index (κ2) is 15.5. The lowest BCUT2D eigenvalue weighted by molar-refractivity contribution is -0.146. The molecule has 1 aromatic heterocycles. The number of aliphatic hydroxyl groups is 1. The summed E-state index contributed by atoms with van der Waals surface area (Å²) >= 11 is 0. The summed E-state index contributed by atoms with van der Waals surface area (Å²) < 4.78 is 14.8. The quantitative estimate of drug-likeness (QED) is 0.123. The van der Waals surface area contributed by atoms with Crippen molar-refractivity contribution in [1.82, 2.24) is 15.0 Å². The van der Waals surface area contributed by atoms with Gasteiger partial charge in [-0.15, -0.1) is 5.10 Å². The molecular weight excluding hydrogens is 791 g/mol. The van der Waals surface area contributed by atoms with E-state index in [1.165, 1.54) is 5.19 Å². The number of para-hydroxylation sites is 1. The molecule has 0 saturated carbocycles. The Labute approximate surface area is 362 Å². The molecule has 6 aromatic carbocycles. The predicted molar refractivity (Wildman–Crippen MR) is 244 cm³/mol. The van der Waals surface area contributed by atoms with Crippen molar-refractivity contribution < 1.29 is 24.2 Å². The summed E-state index contributed by atoms with van der Waals surface area (Å²) in [6.07, 6.45) is 2.25. The maximum absolute atomic E-state index is 15.5. The van der Waals surface area contributed by atoms with Crippen molar-refractivity contribution >= 4 is 52.9 Å². The van der Waals surface area contributed by atoms with E-state index in [4.69, 9.17) is 9.47 Å². The van der Waals surface area contributed by atoms with Crippen LogP contribution in [-0.4, -0.2) is 59.8 Å². The minimum atomic E-state index is -2.39. The Morgan fingerprint density at radius 1 is 0.855 bits per heavy atom. The largest absolute Gasteiger partial charge is 0.497 e. The molecule has 1 saturated heterocycles. The fraction of sp³-hybridized carbons (Fsp3) is 0.255. The fourth-order valence-electron chi connectivity index (χ4n) is 10.7. The molecule has 312 valence electrons. The van der Waals surface area contributed by atoms with Gasteiger partial charge in [-0.25, -0.2) is 0 Å². The summed E-state index contributed by atoms with van der Waals surface area (Å²) in [7, 11) is -0.713. The van der Waals surface area contributed by atoms with Crippen LogP contribution in [0.2, 0.25) is 18.6 Å². The summed E-state index contributed by atoms with van der Waals surface area (Å²) in [5, 5.41) is 22.6. The van der Waals surface area contributed by atoms with E-state index in [0.29, 0.717) is 30.8 Å². The van der Waals surface area contributed by atoms with Gasteiger partial charge in [0, 0.05) is 35.3 Å². The van der Waals surface area contributed by atoms with Crippen LogP contribution in [0.1, 0.15) is 52.0 Å². The van der Waals surface area contributed by atoms with Gasteiger partial charge in [0.1, 0.15) is 5.75 Å². The summed E-state index contributed by atoms with van der Waals surface area (Å²) in [6, 6.07) is 46.2. The van der Waals surface area contributed by atoms with E-state index in [9.17, 15) is 9.90 Å². The summed E-state index contributed by atoms with van der Waals surface area (Å²) in [5.41, 5.74) is 5.45. The standard InChI is InChI=1S/C51H49N5O5Si/c1-33-48(62(3,4)39-25-23-38(60-2)24-26-39)46(27-28-54-31-43(52-53-54)41(32-57)35-14-6-5-7-15-35)61-51(33)42-20-8-9-21-44(42)55(50(51)59)30-34-13-10-18-37(29-34)56-45-22-12-17-36-16-11-19-40(47(36)45)49(56)58/h5-26,29,31,33,41,46,48,57H,27-28,30,32H2,1-4H3/t33-,41?,46+,48-,51+/m0/s1. The molecular formula is C51H49N5O5Si. The number of carbonyl (C=O) groups is 2. The van der Waals surface area contributed by atoms with Crippen LogP contribution in [0.3, 0.4) is 0 Å². The molecule has 2 amide bonds. The number of amides is 2. The number of ether oxygens (including phenoxy) is 2. The van der Waals surface area contributed by atoms with Crippen LogP contribution < -0.4 is 19.7 Å². The normalized spacial score (nSPS) is 21.0. The van der Waals surface area contributed by atoms with Crippen molar-refractivity contribution in [1.29, 1.82) is 0 Å². The van der Waals surface area contributed by atoms with Gasteiger partial charge in [-0.1, -0.05) is 127 Å². The van der Waals surface area contributed by atoms with Gasteiger partial charge in [0.05, 0.1) is 63.0 Å². The van der Waals surface area contributed by atoms with Gasteiger partial charge in [0.15, 0.2) is 5.60 Å². The highest BCUT2D eigenvalue weighted by molar-refractivity contribution is 6.91. The average Bonchev–Trinajstić information content (AvgIpc) is 4.03. The van der Waals surface area contributed by atoms with Gasteiger partial charge in [0.2, 0.25) is 0 Å². The molecule has 7 aromatic rings. The van der Waals surface area contributed by atoms with Crippen LogP contribution in [0.4, 0.5) is 17.1 Å². The molecule has 0 bridgehead atoms. The van der Waals surface area contributed by atoms with Crippen LogP contribution >= 0.6 is 0 Å². The number of aromatic nitrogens is 3. The SMILES string of the molecule is COc1ccc([Si](C)(C)[C@@H]2[C@@H](CCn3cc(C(CO)c4ccccc4)nn3)O[C@]3(C(=O)N(Cc4cccc(N5C(=O)c6cccc7cccc5c67)c4)c4ccccc43)[C@H]2C)cc1. The number of methoxy groups -OCH3 is 1. The molecule has 4 heterocycles. The number of aryl methyl sites for hydroxylation is 1. The van der Waals surface area contributed by atoms with Crippen LogP contribution in [0, 0.1) is 5.92 Å². The van der Waals surface area contributed by atoms with Crippen molar-refractivity contribution in [2.75, 3.05) is 23.5 Å².